The highest BCUT2D eigenvalue weighted by molar-refractivity contribution is 6.30. The molecule has 0 saturated carbocycles. The molecule has 2 fully saturated rings. The second kappa shape index (κ2) is 8.82. The van der Waals surface area contributed by atoms with Gasteiger partial charge in [0.15, 0.2) is 0 Å². The van der Waals surface area contributed by atoms with Gasteiger partial charge in [-0.05, 0) is 48.2 Å². The molecule has 29 heavy (non-hydrogen) atoms. The predicted octanol–water partition coefficient (Wildman–Crippen LogP) is 3.49. The van der Waals surface area contributed by atoms with Crippen molar-refractivity contribution in [3.63, 3.8) is 0 Å². The number of nitrogens with one attached hydrogen (secondary N) is 1. The van der Waals surface area contributed by atoms with Crippen LogP contribution in [0.25, 0.3) is 0 Å². The van der Waals surface area contributed by atoms with E-state index in [1.165, 1.54) is 12.1 Å². The van der Waals surface area contributed by atoms with Crippen LogP contribution in [0.3, 0.4) is 0 Å². The molecule has 0 radical (unpaired) electrons. The maximum atomic E-state index is 13.5. The van der Waals surface area contributed by atoms with Gasteiger partial charge < -0.3 is 10.2 Å². The zero-order chi connectivity index (χ0) is 20.4. The van der Waals surface area contributed by atoms with Crippen molar-refractivity contribution in [1.82, 2.24) is 15.1 Å². The summed E-state index contributed by atoms with van der Waals surface area (Å²) >= 11 is 6.04. The molecule has 2 aromatic carbocycles. The number of fused-ring (bicyclic) bond motifs is 1. The molecule has 0 aliphatic carbocycles. The van der Waals surface area contributed by atoms with Crippen LogP contribution in [0.4, 0.5) is 4.39 Å². The summed E-state index contributed by atoms with van der Waals surface area (Å²) in [6.07, 6.45) is 1.72. The minimum atomic E-state index is -0.257. The molecule has 4 rings (SSSR count). The fourth-order valence-corrected chi connectivity index (χ4v) is 4.54. The molecule has 1 N–H and O–H groups in total. The van der Waals surface area contributed by atoms with E-state index in [1.807, 2.05) is 29.2 Å². The number of rotatable bonds is 5. The Morgan fingerprint density at radius 3 is 2.45 bits per heavy atom. The summed E-state index contributed by atoms with van der Waals surface area (Å²) in [6, 6.07) is 14.7. The van der Waals surface area contributed by atoms with E-state index in [0.29, 0.717) is 30.6 Å². The molecule has 4 nitrogen and oxygen atoms in total. The first kappa shape index (κ1) is 20.3. The van der Waals surface area contributed by atoms with Gasteiger partial charge in [-0.25, -0.2) is 4.39 Å². The fourth-order valence-electron chi connectivity index (χ4n) is 4.41. The molecule has 2 aliphatic rings. The lowest BCUT2D eigenvalue weighted by atomic mass is 9.94. The fraction of sp³-hybridized carbons (Fsp3) is 0.435. The predicted molar refractivity (Wildman–Crippen MR) is 113 cm³/mol. The van der Waals surface area contributed by atoms with E-state index >= 15 is 0 Å². The maximum absolute atomic E-state index is 13.5. The molecule has 3 atom stereocenters. The first-order chi connectivity index (χ1) is 14.0. The van der Waals surface area contributed by atoms with E-state index < -0.39 is 0 Å². The number of piperazine rings is 2. The molecule has 2 aromatic rings. The zero-order valence-electron chi connectivity index (χ0n) is 16.7. The summed E-state index contributed by atoms with van der Waals surface area (Å²) in [5, 5.41) is 4.32. The highest BCUT2D eigenvalue weighted by Gasteiger charge is 2.43. The second-order valence-electron chi connectivity index (χ2n) is 8.06. The van der Waals surface area contributed by atoms with Gasteiger partial charge in [0.05, 0.1) is 6.04 Å². The van der Waals surface area contributed by atoms with E-state index in [0.717, 1.165) is 30.6 Å². The summed E-state index contributed by atoms with van der Waals surface area (Å²) < 4.78 is 13.3. The molecule has 154 valence electrons. The molecule has 1 amide bonds. The van der Waals surface area contributed by atoms with Crippen molar-refractivity contribution in [1.29, 1.82) is 0 Å². The van der Waals surface area contributed by atoms with Gasteiger partial charge in [0.2, 0.25) is 5.91 Å². The Balaban J connectivity index is 1.57. The number of benzene rings is 2. The monoisotopic (exact) mass is 415 g/mol. The average molecular weight is 416 g/mol. The normalized spacial score (nSPS) is 25.1. The number of nitrogens with zero attached hydrogens (tertiary/aromatic N) is 2. The van der Waals surface area contributed by atoms with Crippen LogP contribution in [-0.2, 0) is 17.8 Å². The van der Waals surface area contributed by atoms with E-state index in [-0.39, 0.29) is 23.8 Å². The number of amides is 1. The van der Waals surface area contributed by atoms with Crippen molar-refractivity contribution in [3.05, 3.63) is 70.5 Å². The number of halogens is 2. The summed E-state index contributed by atoms with van der Waals surface area (Å²) in [6.45, 7) is 5.14. The van der Waals surface area contributed by atoms with Gasteiger partial charge in [-0.1, -0.05) is 42.8 Å². The lowest BCUT2D eigenvalue weighted by molar-refractivity contribution is -0.147. The van der Waals surface area contributed by atoms with Crippen LogP contribution in [0.5, 0.6) is 0 Å². The highest BCUT2D eigenvalue weighted by atomic mass is 35.5. The Bertz CT molecular complexity index is 842. The van der Waals surface area contributed by atoms with Crippen molar-refractivity contribution >= 4 is 17.5 Å². The standard InChI is InChI=1S/C23H27ClFN3O/c1-2-20-14-28-21(12-26-20)15-27(13-17-5-9-19(25)10-6-17)23(29)22(28)11-16-3-7-18(24)8-4-16/h3-10,20-22,26H,2,11-15H2,1H3/t20-,21+,22-/m1/s1. The van der Waals surface area contributed by atoms with Gasteiger partial charge in [0.1, 0.15) is 5.82 Å². The van der Waals surface area contributed by atoms with Crippen molar-refractivity contribution in [2.45, 2.75) is 44.4 Å². The Morgan fingerprint density at radius 1 is 1.07 bits per heavy atom. The van der Waals surface area contributed by atoms with Gasteiger partial charge in [-0.2, -0.15) is 0 Å². The first-order valence-electron chi connectivity index (χ1n) is 10.3. The molecular formula is C23H27ClFN3O. The van der Waals surface area contributed by atoms with Crippen LogP contribution in [0.1, 0.15) is 24.5 Å². The van der Waals surface area contributed by atoms with Gasteiger partial charge in [-0.15, -0.1) is 0 Å². The summed E-state index contributed by atoms with van der Waals surface area (Å²) in [7, 11) is 0. The lowest BCUT2D eigenvalue weighted by Crippen LogP contribution is -2.69. The number of carbonyl (C=O) groups is 1. The van der Waals surface area contributed by atoms with Crippen molar-refractivity contribution in [3.8, 4) is 0 Å². The molecule has 2 saturated heterocycles. The Labute approximate surface area is 176 Å². The van der Waals surface area contributed by atoms with E-state index in [2.05, 4.69) is 17.1 Å². The van der Waals surface area contributed by atoms with Crippen LogP contribution < -0.4 is 5.32 Å². The molecule has 0 spiro atoms. The number of hydrogen-bond acceptors (Lipinski definition) is 3. The molecular weight excluding hydrogens is 389 g/mol. The smallest absolute Gasteiger partial charge is 0.240 e. The maximum Gasteiger partial charge on any atom is 0.240 e. The Hall–Kier alpha value is -1.95. The van der Waals surface area contributed by atoms with Crippen LogP contribution >= 0.6 is 11.6 Å². The topological polar surface area (TPSA) is 35.6 Å². The number of carbonyl (C=O) groups excluding carboxylic acids is 1. The first-order valence-corrected chi connectivity index (χ1v) is 10.7. The molecule has 0 bridgehead atoms. The third-order valence-electron chi connectivity index (χ3n) is 6.09. The van der Waals surface area contributed by atoms with Gasteiger partial charge in [-0.3, -0.25) is 9.69 Å². The van der Waals surface area contributed by atoms with Crippen LogP contribution in [-0.4, -0.2) is 53.5 Å². The molecule has 0 unspecified atom stereocenters. The average Bonchev–Trinajstić information content (AvgIpc) is 2.74. The zero-order valence-corrected chi connectivity index (χ0v) is 17.4. The molecule has 0 aromatic heterocycles. The molecule has 2 aliphatic heterocycles. The third-order valence-corrected chi connectivity index (χ3v) is 6.34. The summed E-state index contributed by atoms with van der Waals surface area (Å²) in [5.74, 6) is -0.107. The largest absolute Gasteiger partial charge is 0.335 e. The molecule has 6 heteroatoms. The quantitative estimate of drug-likeness (QED) is 0.812. The Morgan fingerprint density at radius 2 is 1.76 bits per heavy atom. The minimum Gasteiger partial charge on any atom is -0.335 e. The summed E-state index contributed by atoms with van der Waals surface area (Å²) in [4.78, 5) is 17.8. The summed E-state index contributed by atoms with van der Waals surface area (Å²) in [5.41, 5.74) is 2.07. The van der Waals surface area contributed by atoms with Crippen molar-refractivity contribution in [2.24, 2.45) is 0 Å². The third kappa shape index (κ3) is 4.63. The number of hydrogen-bond donors (Lipinski definition) is 1. The van der Waals surface area contributed by atoms with E-state index in [1.54, 1.807) is 12.1 Å². The van der Waals surface area contributed by atoms with Gasteiger partial charge in [0.25, 0.3) is 0 Å². The molecule has 2 heterocycles. The highest BCUT2D eigenvalue weighted by Crippen LogP contribution is 2.25. The van der Waals surface area contributed by atoms with Gasteiger partial charge in [0, 0.05) is 43.3 Å². The Kier molecular flexibility index (Phi) is 6.18. The van der Waals surface area contributed by atoms with Crippen molar-refractivity contribution < 1.29 is 9.18 Å². The van der Waals surface area contributed by atoms with Crippen molar-refractivity contribution in [2.75, 3.05) is 19.6 Å². The van der Waals surface area contributed by atoms with E-state index in [9.17, 15) is 9.18 Å². The SMILES string of the molecule is CC[C@@H]1CN2[C@@H](CN1)CN(Cc1ccc(F)cc1)C(=O)[C@H]2Cc1ccc(Cl)cc1. The van der Waals surface area contributed by atoms with E-state index in [4.69, 9.17) is 11.6 Å². The van der Waals surface area contributed by atoms with Gasteiger partial charge >= 0.3 is 0 Å². The second-order valence-corrected chi connectivity index (χ2v) is 8.49. The van der Waals surface area contributed by atoms with Crippen LogP contribution in [0.2, 0.25) is 5.02 Å². The van der Waals surface area contributed by atoms with Crippen LogP contribution in [0.15, 0.2) is 48.5 Å². The van der Waals surface area contributed by atoms with Crippen LogP contribution in [0, 0.1) is 5.82 Å². The lowest BCUT2D eigenvalue weighted by Gasteiger charge is -2.50. The minimum absolute atomic E-state index is 0.150.